The highest BCUT2D eigenvalue weighted by Crippen LogP contribution is 2.26. The van der Waals surface area contributed by atoms with Crippen molar-refractivity contribution in [2.75, 3.05) is 5.73 Å². The number of halogens is 1. The Kier molecular flexibility index (Phi) is 2.76. The molecular weight excluding hydrogens is 209 g/mol. The summed E-state index contributed by atoms with van der Waals surface area (Å²) < 4.78 is 20.2. The van der Waals surface area contributed by atoms with E-state index >= 15 is 0 Å². The van der Waals surface area contributed by atoms with Gasteiger partial charge in [-0.1, -0.05) is 0 Å². The molecule has 1 aromatic carbocycles. The standard InChI is InChI=1S/C11H12FN3O/c1-2-15-6-5-14-11(15)16-10-7-8(12)3-4-9(10)13/h3-7H,2,13H2,1H3. The van der Waals surface area contributed by atoms with Gasteiger partial charge in [-0.05, 0) is 19.1 Å². The van der Waals surface area contributed by atoms with Crippen molar-refractivity contribution in [1.82, 2.24) is 9.55 Å². The maximum absolute atomic E-state index is 13.0. The highest BCUT2D eigenvalue weighted by molar-refractivity contribution is 5.53. The van der Waals surface area contributed by atoms with Gasteiger partial charge in [-0.15, -0.1) is 0 Å². The Morgan fingerprint density at radius 1 is 1.50 bits per heavy atom. The number of benzene rings is 1. The van der Waals surface area contributed by atoms with Crippen LogP contribution in [0.1, 0.15) is 6.92 Å². The number of nitrogens with two attached hydrogens (primary N) is 1. The molecule has 0 unspecified atom stereocenters. The molecule has 0 amide bonds. The van der Waals surface area contributed by atoms with Gasteiger partial charge in [-0.25, -0.2) is 9.37 Å². The lowest BCUT2D eigenvalue weighted by atomic mass is 10.3. The summed E-state index contributed by atoms with van der Waals surface area (Å²) in [6.07, 6.45) is 3.40. The summed E-state index contributed by atoms with van der Waals surface area (Å²) in [6.45, 7) is 2.69. The molecule has 2 rings (SSSR count). The van der Waals surface area contributed by atoms with Crippen LogP contribution in [0.5, 0.6) is 11.8 Å². The quantitative estimate of drug-likeness (QED) is 0.810. The van der Waals surface area contributed by atoms with Crippen LogP contribution in [0.15, 0.2) is 30.6 Å². The monoisotopic (exact) mass is 221 g/mol. The first kappa shape index (κ1) is 10.5. The van der Waals surface area contributed by atoms with Crippen LogP contribution in [0, 0.1) is 5.82 Å². The topological polar surface area (TPSA) is 53.1 Å². The van der Waals surface area contributed by atoms with E-state index in [-0.39, 0.29) is 11.6 Å². The van der Waals surface area contributed by atoms with E-state index in [0.29, 0.717) is 11.7 Å². The average molecular weight is 221 g/mol. The van der Waals surface area contributed by atoms with E-state index < -0.39 is 0 Å². The van der Waals surface area contributed by atoms with Crippen molar-refractivity contribution in [2.45, 2.75) is 13.5 Å². The summed E-state index contributed by atoms with van der Waals surface area (Å²) in [5.41, 5.74) is 6.05. The fourth-order valence-corrected chi connectivity index (χ4v) is 1.34. The molecule has 84 valence electrons. The van der Waals surface area contributed by atoms with E-state index in [2.05, 4.69) is 4.98 Å². The number of ether oxygens (including phenoxy) is 1. The van der Waals surface area contributed by atoms with Crippen LogP contribution < -0.4 is 10.5 Å². The number of hydrogen-bond donors (Lipinski definition) is 1. The second kappa shape index (κ2) is 4.22. The third kappa shape index (κ3) is 1.98. The smallest absolute Gasteiger partial charge is 0.301 e. The minimum absolute atomic E-state index is 0.279. The van der Waals surface area contributed by atoms with Crippen LogP contribution >= 0.6 is 0 Å². The molecule has 0 saturated carbocycles. The highest BCUT2D eigenvalue weighted by atomic mass is 19.1. The van der Waals surface area contributed by atoms with Gasteiger partial charge in [-0.2, -0.15) is 0 Å². The van der Waals surface area contributed by atoms with Gasteiger partial charge < -0.3 is 15.0 Å². The van der Waals surface area contributed by atoms with Gasteiger partial charge in [0.25, 0.3) is 0 Å². The van der Waals surface area contributed by atoms with Crippen molar-refractivity contribution < 1.29 is 9.13 Å². The third-order valence-electron chi connectivity index (χ3n) is 2.19. The molecule has 0 fully saturated rings. The van der Waals surface area contributed by atoms with E-state index in [9.17, 15) is 4.39 Å². The maximum atomic E-state index is 13.0. The number of nitrogen functional groups attached to an aromatic ring is 1. The molecule has 0 aliphatic rings. The van der Waals surface area contributed by atoms with Gasteiger partial charge in [0, 0.05) is 25.0 Å². The lowest BCUT2D eigenvalue weighted by molar-refractivity contribution is 0.414. The number of hydrogen-bond acceptors (Lipinski definition) is 3. The second-order valence-electron chi connectivity index (χ2n) is 3.28. The molecule has 0 radical (unpaired) electrons. The van der Waals surface area contributed by atoms with Gasteiger partial charge in [0.15, 0.2) is 5.75 Å². The summed E-state index contributed by atoms with van der Waals surface area (Å²) in [5, 5.41) is 0. The van der Waals surface area contributed by atoms with Crippen molar-refractivity contribution in [3.8, 4) is 11.8 Å². The first-order chi connectivity index (χ1) is 7.70. The fourth-order valence-electron chi connectivity index (χ4n) is 1.34. The summed E-state index contributed by atoms with van der Waals surface area (Å²) in [4.78, 5) is 4.02. The Morgan fingerprint density at radius 3 is 3.06 bits per heavy atom. The Morgan fingerprint density at radius 2 is 2.31 bits per heavy atom. The molecule has 0 saturated heterocycles. The maximum Gasteiger partial charge on any atom is 0.301 e. The predicted molar refractivity (Wildman–Crippen MR) is 58.8 cm³/mol. The number of aromatic nitrogens is 2. The van der Waals surface area contributed by atoms with Crippen LogP contribution in [0.2, 0.25) is 0 Å². The summed E-state index contributed by atoms with van der Waals surface area (Å²) in [6, 6.07) is 4.39. The van der Waals surface area contributed by atoms with E-state index in [1.165, 1.54) is 18.2 Å². The minimum Gasteiger partial charge on any atom is -0.423 e. The van der Waals surface area contributed by atoms with Crippen LogP contribution in [0.3, 0.4) is 0 Å². The number of aryl methyl sites for hydroxylation is 1. The van der Waals surface area contributed by atoms with Crippen molar-refractivity contribution in [3.05, 3.63) is 36.4 Å². The van der Waals surface area contributed by atoms with Crippen LogP contribution in [-0.2, 0) is 6.54 Å². The minimum atomic E-state index is -0.390. The zero-order valence-corrected chi connectivity index (χ0v) is 8.85. The summed E-state index contributed by atoms with van der Waals surface area (Å²) in [5.74, 6) is -0.111. The Labute approximate surface area is 92.5 Å². The lowest BCUT2D eigenvalue weighted by Crippen LogP contribution is -1.99. The molecule has 0 aliphatic heterocycles. The number of rotatable bonds is 3. The van der Waals surface area contributed by atoms with Crippen LogP contribution in [0.4, 0.5) is 10.1 Å². The van der Waals surface area contributed by atoms with Gasteiger partial charge in [0.05, 0.1) is 5.69 Å². The first-order valence-electron chi connectivity index (χ1n) is 4.94. The van der Waals surface area contributed by atoms with Gasteiger partial charge in [-0.3, -0.25) is 0 Å². The predicted octanol–water partition coefficient (Wildman–Crippen LogP) is 2.42. The van der Waals surface area contributed by atoms with Gasteiger partial charge in [0.2, 0.25) is 0 Å². The average Bonchev–Trinajstić information content (AvgIpc) is 2.71. The van der Waals surface area contributed by atoms with E-state index in [0.717, 1.165) is 6.54 Å². The molecule has 0 atom stereocenters. The summed E-state index contributed by atoms with van der Waals surface area (Å²) in [7, 11) is 0. The zero-order chi connectivity index (χ0) is 11.5. The molecule has 5 heteroatoms. The third-order valence-corrected chi connectivity index (χ3v) is 2.19. The van der Waals surface area contributed by atoms with E-state index in [1.54, 1.807) is 17.0 Å². The first-order valence-corrected chi connectivity index (χ1v) is 4.94. The van der Waals surface area contributed by atoms with Gasteiger partial charge in [0.1, 0.15) is 5.82 Å². The number of nitrogens with zero attached hydrogens (tertiary/aromatic N) is 2. The molecule has 2 aromatic rings. The number of anilines is 1. The van der Waals surface area contributed by atoms with E-state index in [4.69, 9.17) is 10.5 Å². The van der Waals surface area contributed by atoms with Crippen molar-refractivity contribution >= 4 is 5.69 Å². The molecule has 0 bridgehead atoms. The molecule has 1 heterocycles. The van der Waals surface area contributed by atoms with Crippen molar-refractivity contribution in [1.29, 1.82) is 0 Å². The molecule has 4 nitrogen and oxygen atoms in total. The SMILES string of the molecule is CCn1ccnc1Oc1cc(F)ccc1N. The van der Waals surface area contributed by atoms with Crippen molar-refractivity contribution in [3.63, 3.8) is 0 Å². The van der Waals surface area contributed by atoms with Crippen LogP contribution in [0.25, 0.3) is 0 Å². The highest BCUT2D eigenvalue weighted by Gasteiger charge is 2.07. The largest absolute Gasteiger partial charge is 0.423 e. The molecule has 0 spiro atoms. The Hall–Kier alpha value is -2.04. The Balaban J connectivity index is 2.30. The van der Waals surface area contributed by atoms with E-state index in [1.807, 2.05) is 6.92 Å². The molecule has 16 heavy (non-hydrogen) atoms. The van der Waals surface area contributed by atoms with Crippen LogP contribution in [-0.4, -0.2) is 9.55 Å². The molecule has 0 aliphatic carbocycles. The van der Waals surface area contributed by atoms with Crippen molar-refractivity contribution in [2.24, 2.45) is 0 Å². The fraction of sp³-hybridized carbons (Fsp3) is 0.182. The summed E-state index contributed by atoms with van der Waals surface area (Å²) >= 11 is 0. The van der Waals surface area contributed by atoms with Gasteiger partial charge >= 0.3 is 6.01 Å². The number of imidazole rings is 1. The normalized spacial score (nSPS) is 10.4. The Bertz CT molecular complexity index is 496. The zero-order valence-electron chi connectivity index (χ0n) is 8.85. The second-order valence-corrected chi connectivity index (χ2v) is 3.28. The molecule has 1 aromatic heterocycles. The molecular formula is C11H12FN3O. The lowest BCUT2D eigenvalue weighted by Gasteiger charge is -2.08. The molecule has 2 N–H and O–H groups in total.